The summed E-state index contributed by atoms with van der Waals surface area (Å²) in [6.45, 7) is 4.99. The fourth-order valence-corrected chi connectivity index (χ4v) is 1.42. The van der Waals surface area contributed by atoms with Crippen molar-refractivity contribution in [2.45, 2.75) is 46.2 Å². The molecule has 0 rings (SSSR count). The van der Waals surface area contributed by atoms with Crippen LogP contribution in [-0.4, -0.2) is 6.18 Å². The number of hydrogen-bond donors (Lipinski definition) is 0. The second-order valence-electron chi connectivity index (χ2n) is 3.64. The third-order valence-corrected chi connectivity index (χ3v) is 2.17. The predicted octanol–water partition coefficient (Wildman–Crippen LogP) is 5.48. The van der Waals surface area contributed by atoms with Crippen molar-refractivity contribution >= 4 is 0 Å². The van der Waals surface area contributed by atoms with Crippen LogP contribution in [0, 0.1) is 0 Å². The van der Waals surface area contributed by atoms with Gasteiger partial charge in [0.2, 0.25) is 0 Å². The smallest absolute Gasteiger partial charge is 0.207 e. The highest BCUT2D eigenvalue weighted by molar-refractivity contribution is 5.33. The molecule has 0 spiro atoms. The number of alkyl halides is 3. The first-order chi connectivity index (χ1) is 7.84. The molecule has 0 fully saturated rings. The molecule has 0 aliphatic heterocycles. The topological polar surface area (TPSA) is 0 Å². The minimum Gasteiger partial charge on any atom is -0.207 e. The van der Waals surface area contributed by atoms with E-state index in [1.807, 2.05) is 0 Å². The van der Waals surface area contributed by atoms with E-state index in [4.69, 9.17) is 0 Å². The van der Waals surface area contributed by atoms with Gasteiger partial charge in [-0.05, 0) is 30.9 Å². The maximum Gasteiger partial charge on any atom is 0.393 e. The summed E-state index contributed by atoms with van der Waals surface area (Å²) >= 11 is 0. The van der Waals surface area contributed by atoms with E-state index in [-0.39, 0.29) is 5.57 Å². The molecule has 98 valence electrons. The van der Waals surface area contributed by atoms with Crippen LogP contribution in [0.25, 0.3) is 0 Å². The van der Waals surface area contributed by atoms with Crippen molar-refractivity contribution in [3.8, 4) is 0 Å². The van der Waals surface area contributed by atoms with Gasteiger partial charge in [0.1, 0.15) is 5.83 Å². The zero-order valence-electron chi connectivity index (χ0n) is 10.4. The van der Waals surface area contributed by atoms with E-state index in [1.165, 1.54) is 25.2 Å². The van der Waals surface area contributed by atoms with Crippen molar-refractivity contribution in [1.29, 1.82) is 0 Å². The Balaban J connectivity index is 5.09. The van der Waals surface area contributed by atoms with Gasteiger partial charge in [0.15, 0.2) is 0 Å². The van der Waals surface area contributed by atoms with Gasteiger partial charge >= 0.3 is 6.18 Å². The standard InChI is InChI=1S/C13H18F4/c1-4-7-10(9-13(15,16)17)8-11(5-2)12(14)6-3/h6-8H,4-5,9H2,1-3H3/b10-7-,11-8-,12-6+. The summed E-state index contributed by atoms with van der Waals surface area (Å²) in [7, 11) is 0. The SMILES string of the molecule is C\C=C(F)/C(=C\C(=C\CC)CC(F)(F)F)CC. The molecule has 0 saturated carbocycles. The number of hydrogen-bond acceptors (Lipinski definition) is 0. The van der Waals surface area contributed by atoms with Crippen molar-refractivity contribution < 1.29 is 17.6 Å². The molecule has 0 bridgehead atoms. The molecular formula is C13H18F4. The Morgan fingerprint density at radius 2 is 1.76 bits per heavy atom. The molecule has 0 unspecified atom stereocenters. The van der Waals surface area contributed by atoms with Crippen molar-refractivity contribution in [1.82, 2.24) is 0 Å². The molecule has 0 amide bonds. The van der Waals surface area contributed by atoms with E-state index in [1.54, 1.807) is 13.8 Å². The van der Waals surface area contributed by atoms with Gasteiger partial charge < -0.3 is 0 Å². The molecule has 0 atom stereocenters. The Hall–Kier alpha value is -1.06. The summed E-state index contributed by atoms with van der Waals surface area (Å²) in [4.78, 5) is 0. The third-order valence-electron chi connectivity index (χ3n) is 2.17. The van der Waals surface area contributed by atoms with Crippen LogP contribution in [0.4, 0.5) is 17.6 Å². The first kappa shape index (κ1) is 15.9. The van der Waals surface area contributed by atoms with E-state index in [2.05, 4.69) is 0 Å². The first-order valence-corrected chi connectivity index (χ1v) is 5.62. The fourth-order valence-electron chi connectivity index (χ4n) is 1.42. The average Bonchev–Trinajstić information content (AvgIpc) is 2.22. The molecule has 17 heavy (non-hydrogen) atoms. The second-order valence-corrected chi connectivity index (χ2v) is 3.64. The van der Waals surface area contributed by atoms with Gasteiger partial charge in [-0.25, -0.2) is 4.39 Å². The molecule has 0 aliphatic rings. The van der Waals surface area contributed by atoms with Gasteiger partial charge in [-0.15, -0.1) is 0 Å². The van der Waals surface area contributed by atoms with E-state index >= 15 is 0 Å². The normalized spacial score (nSPS) is 15.4. The molecule has 0 aromatic carbocycles. The largest absolute Gasteiger partial charge is 0.393 e. The van der Waals surface area contributed by atoms with Gasteiger partial charge in [-0.1, -0.05) is 32.1 Å². The van der Waals surface area contributed by atoms with Crippen molar-refractivity contribution in [2.75, 3.05) is 0 Å². The summed E-state index contributed by atoms with van der Waals surface area (Å²) in [6.07, 6.45) is -0.375. The highest BCUT2D eigenvalue weighted by Gasteiger charge is 2.28. The molecule has 0 radical (unpaired) electrons. The zero-order chi connectivity index (χ0) is 13.5. The Morgan fingerprint density at radius 3 is 2.12 bits per heavy atom. The molecule has 0 heterocycles. The van der Waals surface area contributed by atoms with Crippen LogP contribution in [0.3, 0.4) is 0 Å². The summed E-state index contributed by atoms with van der Waals surface area (Å²) in [5, 5.41) is 0. The maximum atomic E-state index is 13.3. The lowest BCUT2D eigenvalue weighted by Gasteiger charge is -2.09. The van der Waals surface area contributed by atoms with E-state index in [0.717, 1.165) is 0 Å². The molecule has 0 aliphatic carbocycles. The van der Waals surface area contributed by atoms with Crippen LogP contribution < -0.4 is 0 Å². The molecule has 0 N–H and O–H groups in total. The number of halogens is 4. The zero-order valence-corrected chi connectivity index (χ0v) is 10.4. The van der Waals surface area contributed by atoms with Gasteiger partial charge in [0.25, 0.3) is 0 Å². The summed E-state index contributed by atoms with van der Waals surface area (Å²) in [5.74, 6) is -0.461. The van der Waals surface area contributed by atoms with E-state index < -0.39 is 18.4 Å². The maximum absolute atomic E-state index is 13.3. The molecular weight excluding hydrogens is 232 g/mol. The lowest BCUT2D eigenvalue weighted by atomic mass is 10.0. The molecule has 4 heteroatoms. The number of rotatable bonds is 5. The van der Waals surface area contributed by atoms with Gasteiger partial charge in [0, 0.05) is 0 Å². The van der Waals surface area contributed by atoms with Crippen LogP contribution in [-0.2, 0) is 0 Å². The molecule has 0 aromatic rings. The second kappa shape index (κ2) is 7.30. The van der Waals surface area contributed by atoms with Crippen molar-refractivity contribution in [3.63, 3.8) is 0 Å². The Labute approximate surface area is 99.7 Å². The molecule has 0 nitrogen and oxygen atoms in total. The Morgan fingerprint density at radius 1 is 1.18 bits per heavy atom. The first-order valence-electron chi connectivity index (χ1n) is 5.62. The molecule has 0 aromatic heterocycles. The van der Waals surface area contributed by atoms with E-state index in [0.29, 0.717) is 18.4 Å². The van der Waals surface area contributed by atoms with Gasteiger partial charge in [-0.2, -0.15) is 13.2 Å². The lowest BCUT2D eigenvalue weighted by molar-refractivity contribution is -0.126. The highest BCUT2D eigenvalue weighted by atomic mass is 19.4. The monoisotopic (exact) mass is 250 g/mol. The number of allylic oxidation sites excluding steroid dienone is 6. The van der Waals surface area contributed by atoms with Crippen molar-refractivity contribution in [2.24, 2.45) is 0 Å². The Kier molecular flexibility index (Phi) is 6.85. The van der Waals surface area contributed by atoms with Crippen molar-refractivity contribution in [3.05, 3.63) is 35.2 Å². The summed E-state index contributed by atoms with van der Waals surface area (Å²) < 4.78 is 50.2. The quantitative estimate of drug-likeness (QED) is 0.447. The lowest BCUT2D eigenvalue weighted by Crippen LogP contribution is -2.08. The fraction of sp³-hybridized carbons (Fsp3) is 0.538. The van der Waals surface area contributed by atoms with Crippen LogP contribution in [0.5, 0.6) is 0 Å². The van der Waals surface area contributed by atoms with Crippen LogP contribution >= 0.6 is 0 Å². The minimum absolute atomic E-state index is 0.119. The molecule has 0 saturated heterocycles. The third kappa shape index (κ3) is 6.97. The van der Waals surface area contributed by atoms with Gasteiger partial charge in [-0.3, -0.25) is 0 Å². The van der Waals surface area contributed by atoms with Crippen LogP contribution in [0.15, 0.2) is 35.2 Å². The average molecular weight is 250 g/mol. The van der Waals surface area contributed by atoms with Crippen LogP contribution in [0.1, 0.15) is 40.0 Å². The predicted molar refractivity (Wildman–Crippen MR) is 62.3 cm³/mol. The Bertz CT molecular complexity index is 319. The van der Waals surface area contributed by atoms with E-state index in [9.17, 15) is 17.6 Å². The highest BCUT2D eigenvalue weighted by Crippen LogP contribution is 2.27. The summed E-state index contributed by atoms with van der Waals surface area (Å²) in [5.41, 5.74) is 0.422. The summed E-state index contributed by atoms with van der Waals surface area (Å²) in [6, 6.07) is 0. The van der Waals surface area contributed by atoms with Crippen LogP contribution in [0.2, 0.25) is 0 Å². The minimum atomic E-state index is -4.26. The van der Waals surface area contributed by atoms with Gasteiger partial charge in [0.05, 0.1) is 6.42 Å².